The predicted octanol–water partition coefficient (Wildman–Crippen LogP) is 5.04. The summed E-state index contributed by atoms with van der Waals surface area (Å²) in [6, 6.07) is 0. The zero-order valence-electron chi connectivity index (χ0n) is 19.7. The minimum Gasteiger partial charge on any atom is -0.385 e. The third-order valence-corrected chi connectivity index (χ3v) is 6.11. The van der Waals surface area contributed by atoms with Gasteiger partial charge in [0.2, 0.25) is 0 Å². The number of phosphoric ester groups is 1. The quantitative estimate of drug-likeness (QED) is 0.132. The predicted molar refractivity (Wildman–Crippen MR) is 125 cm³/mol. The molecule has 0 aromatic rings. The Morgan fingerprint density at radius 3 is 1.50 bits per heavy atom. The molecule has 0 rings (SSSR count). The van der Waals surface area contributed by atoms with Crippen molar-refractivity contribution >= 4 is 7.82 Å². The third-order valence-electron chi connectivity index (χ3n) is 5.14. The monoisotopic (exact) mass is 452 g/mol. The van der Waals surface area contributed by atoms with Crippen molar-refractivity contribution in [3.8, 4) is 0 Å². The fraction of sp³-hybridized carbons (Fsp3) is 1.00. The summed E-state index contributed by atoms with van der Waals surface area (Å²) in [5.74, 6) is 0. The van der Waals surface area contributed by atoms with E-state index in [2.05, 4.69) is 15.2 Å². The summed E-state index contributed by atoms with van der Waals surface area (Å²) in [6.45, 7) is 5.25. The van der Waals surface area contributed by atoms with Crippen LogP contribution in [0.25, 0.3) is 0 Å². The van der Waals surface area contributed by atoms with E-state index in [1.807, 2.05) is 0 Å². The first-order chi connectivity index (χ1) is 14.6. The van der Waals surface area contributed by atoms with Crippen LogP contribution in [0.1, 0.15) is 89.9 Å². The molecular formula is C22H49N2O5P. The summed E-state index contributed by atoms with van der Waals surface area (Å²) in [5.41, 5.74) is 0. The first kappa shape index (κ1) is 30.0. The van der Waals surface area contributed by atoms with Gasteiger partial charge < -0.3 is 20.3 Å². The molecule has 0 aliphatic carbocycles. The van der Waals surface area contributed by atoms with Gasteiger partial charge in [-0.1, -0.05) is 57.8 Å². The minimum atomic E-state index is -3.80. The first-order valence-electron chi connectivity index (χ1n) is 12.1. The molecule has 3 N–H and O–H groups in total. The zero-order valence-corrected chi connectivity index (χ0v) is 20.6. The maximum absolute atomic E-state index is 11.1. The molecule has 182 valence electrons. The van der Waals surface area contributed by atoms with Crippen LogP contribution in [0, 0.1) is 0 Å². The van der Waals surface area contributed by atoms with Gasteiger partial charge in [0.15, 0.2) is 0 Å². The average molecular weight is 453 g/mol. The van der Waals surface area contributed by atoms with Crippen LogP contribution in [0.2, 0.25) is 0 Å². The van der Waals surface area contributed by atoms with Gasteiger partial charge in [-0.15, -0.1) is 0 Å². The van der Waals surface area contributed by atoms with E-state index in [1.165, 1.54) is 77.7 Å². The fourth-order valence-electron chi connectivity index (χ4n) is 3.26. The molecule has 0 fully saturated rings. The highest BCUT2D eigenvalue weighted by Gasteiger charge is 2.17. The molecule has 0 aromatic heterocycles. The third kappa shape index (κ3) is 24.3. The summed E-state index contributed by atoms with van der Waals surface area (Å²) in [4.78, 5) is 9.08. The molecule has 0 aliphatic rings. The second kappa shape index (κ2) is 23.6. The van der Waals surface area contributed by atoms with Crippen LogP contribution in [0.3, 0.4) is 0 Å². The van der Waals surface area contributed by atoms with Crippen molar-refractivity contribution in [2.45, 2.75) is 89.9 Å². The molecule has 0 amide bonds. The molecule has 0 bridgehead atoms. The Morgan fingerprint density at radius 2 is 1.00 bits per heavy atom. The molecule has 7 nitrogen and oxygen atoms in total. The SMILES string of the molecule is COCCCCCCCCCCCCCNCCCNCCCCOP(=O)(O)OC. The van der Waals surface area contributed by atoms with Gasteiger partial charge in [-0.25, -0.2) is 4.57 Å². The number of ether oxygens (including phenoxy) is 1. The largest absolute Gasteiger partial charge is 0.471 e. The second-order valence-electron chi connectivity index (χ2n) is 7.93. The number of phosphoric acid groups is 1. The highest BCUT2D eigenvalue weighted by molar-refractivity contribution is 7.47. The molecular weight excluding hydrogens is 403 g/mol. The lowest BCUT2D eigenvalue weighted by Gasteiger charge is -2.09. The number of nitrogens with one attached hydrogen (secondary N) is 2. The lowest BCUT2D eigenvalue weighted by Crippen LogP contribution is -2.23. The summed E-state index contributed by atoms with van der Waals surface area (Å²) >= 11 is 0. The van der Waals surface area contributed by atoms with E-state index in [4.69, 9.17) is 14.2 Å². The Morgan fingerprint density at radius 1 is 0.600 bits per heavy atom. The topological polar surface area (TPSA) is 89.0 Å². The van der Waals surface area contributed by atoms with Gasteiger partial charge in [0.05, 0.1) is 6.61 Å². The summed E-state index contributed by atoms with van der Waals surface area (Å²) in [6.07, 6.45) is 17.6. The van der Waals surface area contributed by atoms with E-state index >= 15 is 0 Å². The molecule has 0 radical (unpaired) electrons. The molecule has 1 unspecified atom stereocenters. The molecule has 0 heterocycles. The van der Waals surface area contributed by atoms with Crippen molar-refractivity contribution in [2.24, 2.45) is 0 Å². The van der Waals surface area contributed by atoms with Crippen LogP contribution in [-0.2, 0) is 18.3 Å². The van der Waals surface area contributed by atoms with Gasteiger partial charge >= 0.3 is 7.82 Å². The molecule has 1 atom stereocenters. The van der Waals surface area contributed by atoms with Crippen LogP contribution in [-0.4, -0.2) is 58.5 Å². The molecule has 0 aliphatic heterocycles. The maximum Gasteiger partial charge on any atom is 0.471 e. The van der Waals surface area contributed by atoms with E-state index in [-0.39, 0.29) is 6.61 Å². The van der Waals surface area contributed by atoms with Crippen LogP contribution >= 0.6 is 7.82 Å². The lowest BCUT2D eigenvalue weighted by atomic mass is 10.1. The number of hydrogen-bond donors (Lipinski definition) is 3. The Kier molecular flexibility index (Phi) is 23.6. The van der Waals surface area contributed by atoms with E-state index < -0.39 is 7.82 Å². The average Bonchev–Trinajstić information content (AvgIpc) is 2.74. The molecule has 0 saturated heterocycles. The Labute approximate surface area is 185 Å². The minimum absolute atomic E-state index is 0.250. The Bertz CT molecular complexity index is 389. The van der Waals surface area contributed by atoms with Crippen molar-refractivity contribution in [1.82, 2.24) is 10.6 Å². The van der Waals surface area contributed by atoms with Crippen LogP contribution < -0.4 is 10.6 Å². The number of unbranched alkanes of at least 4 members (excludes halogenated alkanes) is 11. The summed E-state index contributed by atoms with van der Waals surface area (Å²) < 4.78 is 25.3. The number of rotatable bonds is 25. The lowest BCUT2D eigenvalue weighted by molar-refractivity contribution is 0.170. The summed E-state index contributed by atoms with van der Waals surface area (Å²) in [5, 5.41) is 6.90. The highest BCUT2D eigenvalue weighted by Crippen LogP contribution is 2.41. The second-order valence-corrected chi connectivity index (χ2v) is 9.49. The van der Waals surface area contributed by atoms with E-state index in [0.717, 1.165) is 52.0 Å². The Balaban J connectivity index is 3.06. The maximum atomic E-state index is 11.1. The van der Waals surface area contributed by atoms with Crippen molar-refractivity contribution < 1.29 is 23.2 Å². The molecule has 30 heavy (non-hydrogen) atoms. The van der Waals surface area contributed by atoms with Crippen molar-refractivity contribution in [3.63, 3.8) is 0 Å². The Hall–Kier alpha value is -0.0100. The first-order valence-corrected chi connectivity index (χ1v) is 13.6. The van der Waals surface area contributed by atoms with Gasteiger partial charge in [0.25, 0.3) is 0 Å². The standard InChI is InChI=1S/C22H49N2O5P/c1-27-21-14-11-9-7-5-3-4-6-8-10-12-17-23-19-16-20-24-18-13-15-22-29-30(25,26)28-2/h23-24H,3-22H2,1-2H3,(H,25,26). The van der Waals surface area contributed by atoms with E-state index in [9.17, 15) is 4.57 Å². The van der Waals surface area contributed by atoms with Crippen LogP contribution in [0.4, 0.5) is 0 Å². The number of methoxy groups -OCH3 is 1. The van der Waals surface area contributed by atoms with Gasteiger partial charge in [0, 0.05) is 20.8 Å². The molecule has 0 aromatic carbocycles. The van der Waals surface area contributed by atoms with Gasteiger partial charge in [-0.05, 0) is 58.3 Å². The number of hydrogen-bond acceptors (Lipinski definition) is 6. The highest BCUT2D eigenvalue weighted by atomic mass is 31.2. The van der Waals surface area contributed by atoms with Crippen LogP contribution in [0.15, 0.2) is 0 Å². The summed E-state index contributed by atoms with van der Waals surface area (Å²) in [7, 11) is -0.849. The van der Waals surface area contributed by atoms with Crippen LogP contribution in [0.5, 0.6) is 0 Å². The fourth-order valence-corrected chi connectivity index (χ4v) is 3.73. The van der Waals surface area contributed by atoms with Crippen molar-refractivity contribution in [2.75, 3.05) is 53.6 Å². The van der Waals surface area contributed by atoms with Gasteiger partial charge in [-0.2, -0.15) is 0 Å². The van der Waals surface area contributed by atoms with Crippen molar-refractivity contribution in [1.29, 1.82) is 0 Å². The van der Waals surface area contributed by atoms with Gasteiger partial charge in [0.1, 0.15) is 0 Å². The van der Waals surface area contributed by atoms with Gasteiger partial charge in [-0.3, -0.25) is 9.05 Å². The normalized spacial score (nSPS) is 13.6. The molecule has 8 heteroatoms. The molecule has 0 saturated carbocycles. The van der Waals surface area contributed by atoms with E-state index in [0.29, 0.717) is 0 Å². The van der Waals surface area contributed by atoms with E-state index in [1.54, 1.807) is 7.11 Å². The van der Waals surface area contributed by atoms with Crippen molar-refractivity contribution in [3.05, 3.63) is 0 Å². The molecule has 0 spiro atoms. The smallest absolute Gasteiger partial charge is 0.385 e. The zero-order chi connectivity index (χ0) is 22.2.